The van der Waals surface area contributed by atoms with Crippen molar-refractivity contribution >= 4 is 15.4 Å². The van der Waals surface area contributed by atoms with Crippen LogP contribution in [0.3, 0.4) is 0 Å². The van der Waals surface area contributed by atoms with Crippen LogP contribution < -0.4 is 0 Å². The Bertz CT molecular complexity index is 273. The quantitative estimate of drug-likeness (QED) is 0.293. The number of unbranched alkanes of at least 4 members (excludes halogenated alkanes) is 5. The summed E-state index contributed by atoms with van der Waals surface area (Å²) in [5, 5.41) is 0. The molecule has 126 valence electrons. The first-order chi connectivity index (χ1) is 9.90. The number of hydrogen-bond donors (Lipinski definition) is 0. The van der Waals surface area contributed by atoms with Crippen LogP contribution in [-0.2, 0) is 14.1 Å². The highest BCUT2D eigenvalue weighted by molar-refractivity contribution is 7.09. The Kier molecular flexibility index (Phi) is 12.0. The maximum Gasteiger partial charge on any atom is 0.389 e. The minimum Gasteiger partial charge on any atom is -0.464 e. The Labute approximate surface area is 127 Å². The van der Waals surface area contributed by atoms with E-state index < -0.39 is 18.7 Å². The van der Waals surface area contributed by atoms with E-state index in [2.05, 4.69) is 9.47 Å². The van der Waals surface area contributed by atoms with Crippen molar-refractivity contribution in [2.24, 2.45) is 0 Å². The van der Waals surface area contributed by atoms with Gasteiger partial charge in [0.25, 0.3) is 0 Å². The molecular formula is C14H26F3O3P. The van der Waals surface area contributed by atoms with Gasteiger partial charge in [-0.3, -0.25) is 0 Å². The fourth-order valence-electron chi connectivity index (χ4n) is 1.85. The van der Waals surface area contributed by atoms with E-state index in [4.69, 9.17) is 9.26 Å². The highest BCUT2D eigenvalue weighted by atomic mass is 31.0. The molecule has 0 amide bonds. The van der Waals surface area contributed by atoms with Crippen LogP contribution >= 0.6 is 9.47 Å². The van der Waals surface area contributed by atoms with Crippen LogP contribution in [0.5, 0.6) is 0 Å². The number of carbonyl (C=O) groups excluding carboxylic acids is 1. The predicted molar refractivity (Wildman–Crippen MR) is 78.8 cm³/mol. The molecule has 0 aliphatic carbocycles. The monoisotopic (exact) mass is 330 g/mol. The van der Waals surface area contributed by atoms with Gasteiger partial charge in [-0.15, -0.1) is 0 Å². The van der Waals surface area contributed by atoms with Gasteiger partial charge in [-0.25, -0.2) is 4.79 Å². The molecule has 0 aliphatic rings. The fraction of sp³-hybridized carbons (Fsp3) is 0.929. The Morgan fingerprint density at radius 2 is 1.71 bits per heavy atom. The molecule has 0 rings (SSSR count). The summed E-state index contributed by atoms with van der Waals surface area (Å²) in [5.41, 5.74) is 0. The van der Waals surface area contributed by atoms with E-state index in [9.17, 15) is 18.0 Å². The highest BCUT2D eigenvalue weighted by Crippen LogP contribution is 2.23. The molecule has 0 saturated heterocycles. The number of rotatable bonds is 12. The van der Waals surface area contributed by atoms with E-state index in [1.807, 2.05) is 6.92 Å². The Morgan fingerprint density at radius 3 is 2.29 bits per heavy atom. The lowest BCUT2D eigenvalue weighted by Crippen LogP contribution is -2.24. The molecule has 0 fully saturated rings. The summed E-state index contributed by atoms with van der Waals surface area (Å²) in [4.78, 5) is 11.6. The van der Waals surface area contributed by atoms with Crippen LogP contribution in [0.1, 0.15) is 64.7 Å². The molecule has 0 heterocycles. The number of carbonyl (C=O) groups is 1. The smallest absolute Gasteiger partial charge is 0.389 e. The third kappa shape index (κ3) is 13.1. The van der Waals surface area contributed by atoms with Gasteiger partial charge < -0.3 is 9.26 Å². The second-order valence-electron chi connectivity index (χ2n) is 5.07. The molecule has 0 radical (unpaired) electrons. The first-order valence-corrected chi connectivity index (χ1v) is 7.96. The first kappa shape index (κ1) is 20.6. The molecule has 0 aromatic rings. The van der Waals surface area contributed by atoms with Crippen molar-refractivity contribution in [2.75, 3.05) is 6.61 Å². The van der Waals surface area contributed by atoms with Crippen LogP contribution in [0.4, 0.5) is 13.2 Å². The van der Waals surface area contributed by atoms with Crippen molar-refractivity contribution in [3.8, 4) is 0 Å². The van der Waals surface area contributed by atoms with Gasteiger partial charge in [0.15, 0.2) is 6.10 Å². The van der Waals surface area contributed by atoms with Gasteiger partial charge in [0.2, 0.25) is 0 Å². The minimum atomic E-state index is -4.05. The van der Waals surface area contributed by atoms with Crippen molar-refractivity contribution in [1.82, 2.24) is 0 Å². The predicted octanol–water partition coefficient (Wildman–Crippen LogP) is 4.80. The first-order valence-electron chi connectivity index (χ1n) is 7.49. The largest absolute Gasteiger partial charge is 0.464 e. The molecule has 0 saturated carbocycles. The summed E-state index contributed by atoms with van der Waals surface area (Å²) in [6.45, 7) is 2.33. The van der Waals surface area contributed by atoms with Gasteiger partial charge in [0.1, 0.15) is 0 Å². The summed E-state index contributed by atoms with van der Waals surface area (Å²) >= 11 is 0. The lowest BCUT2D eigenvalue weighted by atomic mass is 10.1. The molecule has 2 atom stereocenters. The summed E-state index contributed by atoms with van der Waals surface area (Å²) in [6.07, 6.45) is 0.105. The number of hydrogen-bond acceptors (Lipinski definition) is 3. The lowest BCUT2D eigenvalue weighted by molar-refractivity contribution is -0.152. The van der Waals surface area contributed by atoms with Crippen molar-refractivity contribution in [1.29, 1.82) is 0 Å². The Balaban J connectivity index is 3.51. The van der Waals surface area contributed by atoms with E-state index in [1.54, 1.807) is 0 Å². The number of ether oxygens (including phenoxy) is 1. The molecule has 21 heavy (non-hydrogen) atoms. The van der Waals surface area contributed by atoms with E-state index >= 15 is 0 Å². The fourth-order valence-corrected chi connectivity index (χ4v) is 2.10. The second kappa shape index (κ2) is 12.2. The SMILES string of the molecule is CCCCC(OP)C(=O)OCCCCCCCC(F)(F)F. The maximum absolute atomic E-state index is 11.9. The average molecular weight is 330 g/mol. The summed E-state index contributed by atoms with van der Waals surface area (Å²) in [7, 11) is 2.08. The average Bonchev–Trinajstić information content (AvgIpc) is 2.41. The molecule has 0 N–H and O–H groups in total. The normalized spacial score (nSPS) is 13.2. The highest BCUT2D eigenvalue weighted by Gasteiger charge is 2.25. The maximum atomic E-state index is 11.9. The van der Waals surface area contributed by atoms with Crippen molar-refractivity contribution in [3.63, 3.8) is 0 Å². The molecule has 0 bridgehead atoms. The summed E-state index contributed by atoms with van der Waals surface area (Å²) in [6, 6.07) is 0. The van der Waals surface area contributed by atoms with Gasteiger partial charge in [0, 0.05) is 15.9 Å². The van der Waals surface area contributed by atoms with E-state index in [0.717, 1.165) is 25.7 Å². The van der Waals surface area contributed by atoms with Gasteiger partial charge in [-0.05, 0) is 19.3 Å². The van der Waals surface area contributed by atoms with Gasteiger partial charge in [0.05, 0.1) is 6.61 Å². The summed E-state index contributed by atoms with van der Waals surface area (Å²) in [5.74, 6) is -0.365. The minimum absolute atomic E-state index is 0.170. The zero-order valence-corrected chi connectivity index (χ0v) is 13.7. The molecule has 7 heteroatoms. The lowest BCUT2D eigenvalue weighted by Gasteiger charge is -2.13. The Hall–Kier alpha value is -0.350. The third-order valence-electron chi connectivity index (χ3n) is 3.10. The zero-order chi connectivity index (χ0) is 16.1. The number of halogens is 3. The molecular weight excluding hydrogens is 304 g/mol. The molecule has 0 aliphatic heterocycles. The number of esters is 1. The zero-order valence-electron chi connectivity index (χ0n) is 12.6. The van der Waals surface area contributed by atoms with Gasteiger partial charge >= 0.3 is 12.1 Å². The molecule has 3 nitrogen and oxygen atoms in total. The summed E-state index contributed by atoms with van der Waals surface area (Å²) < 4.78 is 45.8. The van der Waals surface area contributed by atoms with Crippen molar-refractivity contribution in [2.45, 2.75) is 77.0 Å². The van der Waals surface area contributed by atoms with Crippen molar-refractivity contribution in [3.05, 3.63) is 0 Å². The van der Waals surface area contributed by atoms with Crippen LogP contribution in [0.15, 0.2) is 0 Å². The molecule has 0 aromatic heterocycles. The van der Waals surface area contributed by atoms with E-state index in [1.165, 1.54) is 0 Å². The topological polar surface area (TPSA) is 35.5 Å². The second-order valence-corrected chi connectivity index (χ2v) is 5.34. The van der Waals surface area contributed by atoms with Crippen LogP contribution in [0.25, 0.3) is 0 Å². The third-order valence-corrected chi connectivity index (χ3v) is 3.42. The van der Waals surface area contributed by atoms with Gasteiger partial charge in [-0.1, -0.05) is 39.0 Å². The molecule has 0 spiro atoms. The van der Waals surface area contributed by atoms with Crippen molar-refractivity contribution < 1.29 is 27.2 Å². The molecule has 2 unspecified atom stereocenters. The van der Waals surface area contributed by atoms with Crippen LogP contribution in [0.2, 0.25) is 0 Å². The number of alkyl halides is 3. The van der Waals surface area contributed by atoms with Crippen LogP contribution in [0, 0.1) is 0 Å². The molecule has 0 aromatic carbocycles. The standard InChI is InChI=1S/C14H26F3O3P/c1-2-3-9-12(20-21)13(18)19-11-8-6-4-5-7-10-14(15,16)17/h12H,2-11,21H2,1H3. The van der Waals surface area contributed by atoms with Crippen LogP contribution in [-0.4, -0.2) is 24.9 Å². The van der Waals surface area contributed by atoms with Gasteiger partial charge in [-0.2, -0.15) is 13.2 Å². The Morgan fingerprint density at radius 1 is 1.10 bits per heavy atom. The van der Waals surface area contributed by atoms with E-state index in [0.29, 0.717) is 25.9 Å². The van der Waals surface area contributed by atoms with E-state index in [-0.39, 0.29) is 12.4 Å².